The number of aliphatic hydroxyl groups is 2. The number of hydrogen-bond acceptors (Lipinski definition) is 20. The average molecular weight is 1290 g/mol. The minimum Gasteiger partial charge on any atom is -0.391 e. The van der Waals surface area contributed by atoms with Gasteiger partial charge >= 0.3 is 10.4 Å². The number of benzene rings is 1. The first-order valence-electron chi connectivity index (χ1n) is 29.7. The Balaban J connectivity index is 0.00000759. The molecule has 1 fully saturated rings. The molecule has 0 spiro atoms. The molecule has 0 radical (unpaired) electrons. The van der Waals surface area contributed by atoms with Crippen LogP contribution in [0.1, 0.15) is 118 Å². The van der Waals surface area contributed by atoms with E-state index in [1.54, 1.807) is 44.2 Å². The summed E-state index contributed by atoms with van der Waals surface area (Å²) in [4.78, 5) is 154. The molecule has 12 atom stereocenters. The van der Waals surface area contributed by atoms with Crippen LogP contribution in [0.15, 0.2) is 30.3 Å². The maximum Gasteiger partial charge on any atom is 0.394 e. The summed E-state index contributed by atoms with van der Waals surface area (Å²) < 4.78 is 31.6. The summed E-state index contributed by atoms with van der Waals surface area (Å²) in [5, 5.41) is 49.6. The molecule has 1 aliphatic heterocycles. The second-order valence-corrected chi connectivity index (χ2v) is 23.3. The Morgan fingerprint density at radius 2 is 1.01 bits per heavy atom. The van der Waals surface area contributed by atoms with Gasteiger partial charge in [0.15, 0.2) is 0 Å². The van der Waals surface area contributed by atoms with Crippen LogP contribution < -0.4 is 87.2 Å². The van der Waals surface area contributed by atoms with Gasteiger partial charge in [0.05, 0.1) is 12.2 Å². The molecule has 1 aromatic rings. The van der Waals surface area contributed by atoms with E-state index in [4.69, 9.17) is 46.2 Å². The lowest BCUT2D eigenvalue weighted by atomic mass is 10.00. The first-order valence-corrected chi connectivity index (χ1v) is 31.1. The Kier molecular flexibility index (Phi) is 37.8. The van der Waals surface area contributed by atoms with Crippen LogP contribution in [-0.2, 0) is 69.6 Å². The van der Waals surface area contributed by atoms with Crippen molar-refractivity contribution in [3.05, 3.63) is 35.9 Å². The zero-order chi connectivity index (χ0) is 67.6. The number of nitrogens with one attached hydrogen (secondary N) is 11. The number of amides is 11. The highest BCUT2D eigenvalue weighted by Crippen LogP contribution is 2.12. The molecule has 2 unspecified atom stereocenters. The van der Waals surface area contributed by atoms with E-state index < -0.39 is 161 Å². The largest absolute Gasteiger partial charge is 0.394 e. The Morgan fingerprint density at radius 1 is 0.551 bits per heavy atom. The first kappa shape index (κ1) is 80.0. The third kappa shape index (κ3) is 32.3. The van der Waals surface area contributed by atoms with Crippen LogP contribution in [-0.4, -0.2) is 205 Å². The molecule has 0 saturated carbocycles. The maximum atomic E-state index is 14.5. The fraction of sp³-hybridized carbons (Fsp3) is 0.691. The van der Waals surface area contributed by atoms with E-state index >= 15 is 0 Å². The number of carbonyl (C=O) groups excluding carboxylic acids is 11. The lowest BCUT2D eigenvalue weighted by molar-refractivity contribution is -0.137. The first-order chi connectivity index (χ1) is 41.8. The summed E-state index contributed by atoms with van der Waals surface area (Å²) >= 11 is 0. The van der Waals surface area contributed by atoms with E-state index in [0.717, 1.165) is 12.8 Å². The molecule has 89 heavy (non-hydrogen) atoms. The summed E-state index contributed by atoms with van der Waals surface area (Å²) in [5.41, 5.74) is 29.9. The fourth-order valence-electron chi connectivity index (χ4n) is 8.98. The van der Waals surface area contributed by atoms with Gasteiger partial charge in [-0.05, 0) is 115 Å². The van der Waals surface area contributed by atoms with E-state index in [1.165, 1.54) is 13.8 Å². The lowest BCUT2D eigenvalue weighted by Gasteiger charge is -2.29. The number of rotatable bonds is 28. The Bertz CT molecular complexity index is 2540. The van der Waals surface area contributed by atoms with Gasteiger partial charge in [-0.15, -0.1) is 0 Å². The van der Waals surface area contributed by atoms with E-state index in [9.17, 15) is 63.0 Å². The number of unbranched alkanes of at least 4 members (excludes halogenated alkanes) is 1. The van der Waals surface area contributed by atoms with Gasteiger partial charge in [-0.3, -0.25) is 61.8 Å². The van der Waals surface area contributed by atoms with Crippen molar-refractivity contribution in [2.45, 2.75) is 191 Å². The molecule has 1 aromatic carbocycles. The number of nitrogens with two attached hydrogens (primary N) is 5. The molecule has 0 bridgehead atoms. The van der Waals surface area contributed by atoms with Gasteiger partial charge in [-0.25, -0.2) is 0 Å². The quantitative estimate of drug-likeness (QED) is 0.0274. The summed E-state index contributed by atoms with van der Waals surface area (Å²) in [6.45, 7) is 8.92. The molecule has 25 N–H and O–H groups in total. The van der Waals surface area contributed by atoms with Crippen molar-refractivity contribution in [2.75, 3.05) is 39.3 Å². The summed E-state index contributed by atoms with van der Waals surface area (Å²) in [6, 6.07) is -6.23. The third-order valence-electron chi connectivity index (χ3n) is 13.6. The number of carbonyl (C=O) groups is 11. The second kappa shape index (κ2) is 42.1. The van der Waals surface area contributed by atoms with Crippen molar-refractivity contribution in [3.8, 4) is 0 Å². The Morgan fingerprint density at radius 3 is 1.48 bits per heavy atom. The lowest BCUT2D eigenvalue weighted by Crippen LogP contribution is -2.62. The van der Waals surface area contributed by atoms with Crippen LogP contribution in [0.4, 0.5) is 0 Å². The molecule has 1 saturated heterocycles. The van der Waals surface area contributed by atoms with Gasteiger partial charge in [0.2, 0.25) is 65.0 Å². The number of aliphatic hydroxyl groups excluding tert-OH is 2. The van der Waals surface area contributed by atoms with E-state index in [1.807, 2.05) is 0 Å². The van der Waals surface area contributed by atoms with Crippen LogP contribution >= 0.6 is 0 Å². The summed E-state index contributed by atoms with van der Waals surface area (Å²) in [6.07, 6.45) is -2.10. The third-order valence-corrected chi connectivity index (χ3v) is 13.6. The van der Waals surface area contributed by atoms with E-state index in [2.05, 4.69) is 72.3 Å². The number of hydrogen-bond donors (Lipinski definition) is 20. The van der Waals surface area contributed by atoms with Crippen molar-refractivity contribution < 1.29 is 80.5 Å². The van der Waals surface area contributed by atoms with Gasteiger partial charge in [-0.2, -0.15) is 8.42 Å². The predicted molar refractivity (Wildman–Crippen MR) is 326 cm³/mol. The normalized spacial score (nSPS) is 22.1. The van der Waals surface area contributed by atoms with Crippen molar-refractivity contribution in [1.29, 1.82) is 0 Å². The minimum atomic E-state index is -4.67. The average Bonchev–Trinajstić information content (AvgIpc) is 2.22. The molecular formula is C55H98N16O17S. The van der Waals surface area contributed by atoms with Crippen molar-refractivity contribution in [3.63, 3.8) is 0 Å². The highest BCUT2D eigenvalue weighted by Gasteiger charge is 2.37. The molecule has 11 amide bonds. The molecule has 34 heteroatoms. The van der Waals surface area contributed by atoms with Crippen LogP contribution in [0.5, 0.6) is 0 Å². The van der Waals surface area contributed by atoms with Gasteiger partial charge in [-0.1, -0.05) is 70.9 Å². The molecule has 33 nitrogen and oxygen atoms in total. The van der Waals surface area contributed by atoms with E-state index in [0.29, 0.717) is 17.9 Å². The zero-order valence-electron chi connectivity index (χ0n) is 51.6. The van der Waals surface area contributed by atoms with Gasteiger partial charge in [0, 0.05) is 19.4 Å². The van der Waals surface area contributed by atoms with Crippen LogP contribution in [0, 0.1) is 11.8 Å². The molecule has 0 aromatic heterocycles. The van der Waals surface area contributed by atoms with Crippen molar-refractivity contribution in [2.24, 2.45) is 40.5 Å². The Hall–Kier alpha value is -7.02. The van der Waals surface area contributed by atoms with E-state index in [-0.39, 0.29) is 90.0 Å². The molecular weight excluding hydrogens is 1190 g/mol. The zero-order valence-corrected chi connectivity index (χ0v) is 52.4. The monoisotopic (exact) mass is 1290 g/mol. The minimum absolute atomic E-state index is 0.0181. The van der Waals surface area contributed by atoms with Gasteiger partial charge in [0.25, 0.3) is 0 Å². The highest BCUT2D eigenvalue weighted by molar-refractivity contribution is 7.79. The highest BCUT2D eigenvalue weighted by atomic mass is 32.3. The molecule has 2 rings (SSSR count). The predicted octanol–water partition coefficient (Wildman–Crippen LogP) is -6.29. The topological polar surface area (TPSA) is 565 Å². The molecule has 0 aliphatic carbocycles. The molecule has 1 aliphatic rings. The maximum absolute atomic E-state index is 14.5. The van der Waals surface area contributed by atoms with Crippen LogP contribution in [0.3, 0.4) is 0 Å². The second-order valence-electron chi connectivity index (χ2n) is 22.4. The van der Waals surface area contributed by atoms with Gasteiger partial charge < -0.3 is 97.4 Å². The summed E-state index contributed by atoms with van der Waals surface area (Å²) in [7, 11) is -4.67. The standard InChI is InChI=1S/C55H96N16O13.H2O4S/c1-30(2)12-10-11-15-43(74)62-35(16-22-56)50(79)71-45(33(6)73)55(84)67-38(19-25-59)47(76)66-40-21-27-61-54(83)44(32(5)72)70-51(80)39(20-26-60)64-46(75)36(17-23-57)65-52(81)41(28-31(3)4)68-53(82)42(29-34-13-8-7-9-14-34)69-48(77)37(18-24-58)63-49(40)78;1-5(2,3)4/h7-9,13-14,30-33,35-42,44-45,72-73H,10-12,15-29,56-60H2,1-6H3,(H,61,83)(H,62,74)(H,63,78)(H,64,75)(H,65,81)(H,66,76)(H,67,84)(H,68,82)(H,69,77)(H,70,80)(H,71,79);(H2,1,2,3,4)/t32?,33?,35-,36-,37-,38-,39-,40-,41-,42+,44-,45-;/m0./s1. The summed E-state index contributed by atoms with van der Waals surface area (Å²) in [5.74, 6) is -9.52. The fourth-order valence-corrected chi connectivity index (χ4v) is 8.98. The van der Waals surface area contributed by atoms with Crippen LogP contribution in [0.2, 0.25) is 0 Å². The smallest absolute Gasteiger partial charge is 0.391 e. The van der Waals surface area contributed by atoms with Crippen LogP contribution in [0.25, 0.3) is 0 Å². The Labute approximate surface area is 519 Å². The molecule has 1 heterocycles. The SMILES string of the molecule is CC(C)CCCCC(=O)N[C@@H](CCN)C(=O)N[C@H](C(=O)N[C@@H](CCN)C(=O)N[C@H]1CCNC(=O)[C@H](C(C)O)NC(=O)[C@H](CCN)NC(=O)[C@H](CCN)NC(=O)[C@H](CC(C)C)NC(=O)[C@@H](Cc2ccccc2)NC(=O)[C@H](CCN)NC1=O)C(C)O.O=S(=O)(O)O. The van der Waals surface area contributed by atoms with Gasteiger partial charge in [0.1, 0.15) is 60.4 Å². The molecule has 506 valence electrons. The van der Waals surface area contributed by atoms with Crippen molar-refractivity contribution in [1.82, 2.24) is 58.5 Å². The van der Waals surface area contributed by atoms with Crippen molar-refractivity contribution >= 4 is 75.4 Å².